The van der Waals surface area contributed by atoms with Crippen LogP contribution in [0.3, 0.4) is 0 Å². The van der Waals surface area contributed by atoms with Crippen molar-refractivity contribution >= 4 is 15.7 Å². The molecule has 0 saturated carbocycles. The van der Waals surface area contributed by atoms with Gasteiger partial charge in [-0.15, -0.1) is 0 Å². The van der Waals surface area contributed by atoms with E-state index in [9.17, 15) is 8.42 Å². The van der Waals surface area contributed by atoms with Gasteiger partial charge in [0.05, 0.1) is 0 Å². The molecule has 0 unspecified atom stereocenters. The molecule has 2 rings (SSSR count). The number of nitrogens with zero attached hydrogens (tertiary/aromatic N) is 1. The van der Waals surface area contributed by atoms with Gasteiger partial charge < -0.3 is 9.88 Å². The Morgan fingerprint density at radius 1 is 1.19 bits per heavy atom. The molecule has 0 radical (unpaired) electrons. The standard InChI is InChI=1S/C15H21N3O2S/c1-4-12-5-7-13(8-6-12)17-21(19,20)15-9-14(10-16-2)18(3)11-15/h5-9,11,16-17H,4,10H2,1-3H3. The smallest absolute Gasteiger partial charge is 0.263 e. The van der Waals surface area contributed by atoms with Crippen LogP contribution in [0.1, 0.15) is 18.2 Å². The van der Waals surface area contributed by atoms with E-state index < -0.39 is 10.0 Å². The molecule has 21 heavy (non-hydrogen) atoms. The van der Waals surface area contributed by atoms with Crippen molar-refractivity contribution in [1.29, 1.82) is 0 Å². The minimum absolute atomic E-state index is 0.273. The Morgan fingerprint density at radius 3 is 2.43 bits per heavy atom. The Kier molecular flexibility index (Phi) is 4.69. The van der Waals surface area contributed by atoms with Gasteiger partial charge in [0, 0.05) is 31.2 Å². The number of rotatable bonds is 6. The summed E-state index contributed by atoms with van der Waals surface area (Å²) in [6.07, 6.45) is 2.55. The Bertz CT molecular complexity index is 703. The molecule has 1 aromatic heterocycles. The third-order valence-corrected chi connectivity index (χ3v) is 4.71. The zero-order valence-corrected chi connectivity index (χ0v) is 13.4. The van der Waals surface area contributed by atoms with Crippen LogP contribution in [0.2, 0.25) is 0 Å². The zero-order valence-electron chi connectivity index (χ0n) is 12.6. The monoisotopic (exact) mass is 307 g/mol. The van der Waals surface area contributed by atoms with Crippen molar-refractivity contribution in [3.05, 3.63) is 47.8 Å². The number of hydrogen-bond acceptors (Lipinski definition) is 3. The van der Waals surface area contributed by atoms with Crippen molar-refractivity contribution in [3.8, 4) is 0 Å². The Hall–Kier alpha value is -1.79. The highest BCUT2D eigenvalue weighted by Gasteiger charge is 2.17. The van der Waals surface area contributed by atoms with Gasteiger partial charge in [-0.1, -0.05) is 19.1 Å². The molecular formula is C15H21N3O2S. The van der Waals surface area contributed by atoms with Crippen LogP contribution in [0, 0.1) is 0 Å². The highest BCUT2D eigenvalue weighted by molar-refractivity contribution is 7.92. The van der Waals surface area contributed by atoms with E-state index in [-0.39, 0.29) is 4.90 Å². The average molecular weight is 307 g/mol. The van der Waals surface area contributed by atoms with Crippen LogP contribution in [0.25, 0.3) is 0 Å². The highest BCUT2D eigenvalue weighted by Crippen LogP contribution is 2.19. The molecule has 0 aliphatic heterocycles. The molecule has 0 saturated heterocycles. The highest BCUT2D eigenvalue weighted by atomic mass is 32.2. The summed E-state index contributed by atoms with van der Waals surface area (Å²) in [6.45, 7) is 2.68. The van der Waals surface area contributed by atoms with Crippen molar-refractivity contribution in [2.45, 2.75) is 24.8 Å². The lowest BCUT2D eigenvalue weighted by Crippen LogP contribution is -2.12. The normalized spacial score (nSPS) is 11.6. The lowest BCUT2D eigenvalue weighted by atomic mass is 10.2. The quantitative estimate of drug-likeness (QED) is 0.859. The first-order valence-corrected chi connectivity index (χ1v) is 8.36. The molecule has 1 heterocycles. The molecule has 1 aromatic carbocycles. The number of anilines is 1. The van der Waals surface area contributed by atoms with Crippen molar-refractivity contribution in [2.75, 3.05) is 11.8 Å². The Morgan fingerprint density at radius 2 is 1.86 bits per heavy atom. The SMILES string of the molecule is CCc1ccc(NS(=O)(=O)c2cc(CNC)n(C)c2)cc1. The van der Waals surface area contributed by atoms with Crippen LogP contribution in [0.5, 0.6) is 0 Å². The third kappa shape index (κ3) is 3.65. The van der Waals surface area contributed by atoms with Crippen LogP contribution in [-0.2, 0) is 30.0 Å². The van der Waals surface area contributed by atoms with Gasteiger partial charge in [-0.3, -0.25) is 4.72 Å². The number of aryl methyl sites for hydroxylation is 2. The number of hydrogen-bond donors (Lipinski definition) is 2. The van der Waals surface area contributed by atoms with Gasteiger partial charge in [0.25, 0.3) is 10.0 Å². The van der Waals surface area contributed by atoms with Crippen LogP contribution >= 0.6 is 0 Å². The molecule has 0 atom stereocenters. The Balaban J connectivity index is 2.22. The zero-order chi connectivity index (χ0) is 15.5. The number of nitrogens with one attached hydrogen (secondary N) is 2. The molecule has 0 amide bonds. The molecule has 2 aromatic rings. The topological polar surface area (TPSA) is 63.1 Å². The van der Waals surface area contributed by atoms with E-state index in [0.717, 1.165) is 12.1 Å². The lowest BCUT2D eigenvalue weighted by molar-refractivity contribution is 0.601. The molecule has 5 nitrogen and oxygen atoms in total. The second-order valence-electron chi connectivity index (χ2n) is 4.96. The first-order valence-electron chi connectivity index (χ1n) is 6.88. The largest absolute Gasteiger partial charge is 0.352 e. The summed E-state index contributed by atoms with van der Waals surface area (Å²) >= 11 is 0. The summed E-state index contributed by atoms with van der Waals surface area (Å²) in [5, 5.41) is 3.02. The van der Waals surface area contributed by atoms with E-state index in [1.807, 2.05) is 30.8 Å². The van der Waals surface area contributed by atoms with E-state index in [4.69, 9.17) is 0 Å². The van der Waals surface area contributed by atoms with Crippen molar-refractivity contribution in [3.63, 3.8) is 0 Å². The average Bonchev–Trinajstić information content (AvgIpc) is 2.82. The fourth-order valence-corrected chi connectivity index (χ4v) is 3.26. The maximum Gasteiger partial charge on any atom is 0.263 e. The van der Waals surface area contributed by atoms with Gasteiger partial charge in [0.1, 0.15) is 4.90 Å². The molecule has 0 spiro atoms. The second-order valence-corrected chi connectivity index (χ2v) is 6.65. The van der Waals surface area contributed by atoms with Gasteiger partial charge >= 0.3 is 0 Å². The summed E-state index contributed by atoms with van der Waals surface area (Å²) < 4.78 is 29.2. The third-order valence-electron chi connectivity index (χ3n) is 3.37. The van der Waals surface area contributed by atoms with E-state index in [1.54, 1.807) is 24.4 Å². The molecule has 0 bridgehead atoms. The van der Waals surface area contributed by atoms with Gasteiger partial charge in [0.2, 0.25) is 0 Å². The maximum atomic E-state index is 12.4. The predicted octanol–water partition coefficient (Wildman–Crippen LogP) is 2.11. The summed E-state index contributed by atoms with van der Waals surface area (Å²) in [5.74, 6) is 0. The first kappa shape index (κ1) is 15.6. The fraction of sp³-hybridized carbons (Fsp3) is 0.333. The van der Waals surface area contributed by atoms with Gasteiger partial charge in [-0.2, -0.15) is 0 Å². The molecule has 2 N–H and O–H groups in total. The fourth-order valence-electron chi connectivity index (χ4n) is 2.10. The minimum Gasteiger partial charge on any atom is -0.352 e. The van der Waals surface area contributed by atoms with Crippen LogP contribution in [-0.4, -0.2) is 20.0 Å². The van der Waals surface area contributed by atoms with Crippen LogP contribution < -0.4 is 10.0 Å². The number of benzene rings is 1. The lowest BCUT2D eigenvalue weighted by Gasteiger charge is -2.07. The van der Waals surface area contributed by atoms with E-state index in [0.29, 0.717) is 12.2 Å². The maximum absolute atomic E-state index is 12.4. The van der Waals surface area contributed by atoms with Gasteiger partial charge in [-0.25, -0.2) is 8.42 Å². The molecule has 0 aliphatic rings. The molecule has 0 fully saturated rings. The summed E-state index contributed by atoms with van der Waals surface area (Å²) in [7, 11) is 0.112. The first-order chi connectivity index (χ1) is 9.96. The van der Waals surface area contributed by atoms with Crippen molar-refractivity contribution < 1.29 is 8.42 Å². The summed E-state index contributed by atoms with van der Waals surface area (Å²) in [5.41, 5.74) is 2.67. The molecular weight excluding hydrogens is 286 g/mol. The number of sulfonamides is 1. The Labute approximate surface area is 126 Å². The van der Waals surface area contributed by atoms with Crippen LogP contribution in [0.4, 0.5) is 5.69 Å². The second kappa shape index (κ2) is 6.32. The molecule has 0 aliphatic carbocycles. The van der Waals surface area contributed by atoms with E-state index in [1.165, 1.54) is 5.56 Å². The molecule has 114 valence electrons. The van der Waals surface area contributed by atoms with Gasteiger partial charge in [-0.05, 0) is 37.2 Å². The summed E-state index contributed by atoms with van der Waals surface area (Å²) in [6, 6.07) is 9.10. The van der Waals surface area contributed by atoms with E-state index in [2.05, 4.69) is 17.0 Å². The van der Waals surface area contributed by atoms with Crippen molar-refractivity contribution in [1.82, 2.24) is 9.88 Å². The summed E-state index contributed by atoms with van der Waals surface area (Å²) in [4.78, 5) is 0.273. The van der Waals surface area contributed by atoms with Gasteiger partial charge in [0.15, 0.2) is 0 Å². The van der Waals surface area contributed by atoms with Crippen LogP contribution in [0.15, 0.2) is 41.4 Å². The number of aromatic nitrogens is 1. The van der Waals surface area contributed by atoms with Crippen molar-refractivity contribution in [2.24, 2.45) is 7.05 Å². The molecule has 6 heteroatoms. The minimum atomic E-state index is -3.55. The van der Waals surface area contributed by atoms with E-state index >= 15 is 0 Å². The predicted molar refractivity (Wildman–Crippen MR) is 84.8 cm³/mol.